The molecular formula is C34H52O3. The van der Waals surface area contributed by atoms with Gasteiger partial charge in [0.05, 0.1) is 5.92 Å². The number of hydrogen-bond donors (Lipinski definition) is 1. The van der Waals surface area contributed by atoms with Gasteiger partial charge >= 0.3 is 5.97 Å². The fourth-order valence-electron chi connectivity index (χ4n) is 5.63. The van der Waals surface area contributed by atoms with Crippen molar-refractivity contribution in [1.82, 2.24) is 0 Å². The summed E-state index contributed by atoms with van der Waals surface area (Å²) in [5.41, 5.74) is 1.25. The molecule has 0 aliphatic heterocycles. The molecule has 0 saturated heterocycles. The summed E-state index contributed by atoms with van der Waals surface area (Å²) >= 11 is 0. The van der Waals surface area contributed by atoms with Gasteiger partial charge in [-0.05, 0) is 29.7 Å². The molecule has 0 fully saturated rings. The standard InChI is InChI=1S/C34H52O3/c1-3-4-5-6-7-8-9-10-11-12-13-14-15-16-17-18-19-20-25-32(34(36)37)31-27-26-29-23-21-22-24-30(29)33(31)28(2)35/h21-24,26-27,32H,3-20,25H2,1-2H3,(H,36,37). The predicted octanol–water partition coefficient (Wildman–Crippen LogP) is 10.6. The minimum atomic E-state index is -0.829. The van der Waals surface area contributed by atoms with E-state index in [9.17, 15) is 14.7 Å². The SMILES string of the molecule is CCCCCCCCCCCCCCCCCCCCC(C(=O)O)c1ccc2ccccc2c1C(C)=O. The van der Waals surface area contributed by atoms with Gasteiger partial charge in [0.2, 0.25) is 0 Å². The van der Waals surface area contributed by atoms with Gasteiger partial charge in [0.25, 0.3) is 0 Å². The van der Waals surface area contributed by atoms with E-state index in [2.05, 4.69) is 6.92 Å². The molecule has 0 heterocycles. The third-order valence-electron chi connectivity index (χ3n) is 7.83. The summed E-state index contributed by atoms with van der Waals surface area (Å²) in [6.07, 6.45) is 24.4. The topological polar surface area (TPSA) is 54.4 Å². The first-order valence-electron chi connectivity index (χ1n) is 15.3. The monoisotopic (exact) mass is 508 g/mol. The first-order valence-corrected chi connectivity index (χ1v) is 15.3. The molecule has 2 aromatic rings. The summed E-state index contributed by atoms with van der Waals surface area (Å²) in [6.45, 7) is 3.82. The van der Waals surface area contributed by atoms with Crippen LogP contribution in [-0.4, -0.2) is 16.9 Å². The highest BCUT2D eigenvalue weighted by Crippen LogP contribution is 2.32. The Kier molecular flexibility index (Phi) is 15.9. The summed E-state index contributed by atoms with van der Waals surface area (Å²) in [6, 6.07) is 11.5. The van der Waals surface area contributed by atoms with Crippen molar-refractivity contribution in [2.24, 2.45) is 0 Å². The Morgan fingerprint density at radius 3 is 1.57 bits per heavy atom. The lowest BCUT2D eigenvalue weighted by Gasteiger charge is -2.18. The van der Waals surface area contributed by atoms with E-state index in [0.717, 1.165) is 23.6 Å². The fourth-order valence-corrected chi connectivity index (χ4v) is 5.63. The van der Waals surface area contributed by atoms with Crippen LogP contribution in [0.4, 0.5) is 0 Å². The van der Waals surface area contributed by atoms with Crippen molar-refractivity contribution >= 4 is 22.5 Å². The minimum absolute atomic E-state index is 0.0594. The summed E-state index contributed by atoms with van der Waals surface area (Å²) < 4.78 is 0. The summed E-state index contributed by atoms with van der Waals surface area (Å²) in [5.74, 6) is -1.51. The molecule has 0 aromatic heterocycles. The molecule has 0 aliphatic rings. The maximum Gasteiger partial charge on any atom is 0.310 e. The number of carboxylic acid groups (broad SMARTS) is 1. The van der Waals surface area contributed by atoms with Gasteiger partial charge in [-0.3, -0.25) is 9.59 Å². The minimum Gasteiger partial charge on any atom is -0.481 e. The molecule has 37 heavy (non-hydrogen) atoms. The number of rotatable bonds is 22. The fraction of sp³-hybridized carbons (Fsp3) is 0.647. The van der Waals surface area contributed by atoms with Crippen LogP contribution in [0.3, 0.4) is 0 Å². The van der Waals surface area contributed by atoms with Gasteiger partial charge < -0.3 is 5.11 Å². The number of unbranched alkanes of at least 4 members (excludes halogenated alkanes) is 17. The van der Waals surface area contributed by atoms with Crippen LogP contribution in [0.25, 0.3) is 10.8 Å². The highest BCUT2D eigenvalue weighted by atomic mass is 16.4. The average molecular weight is 509 g/mol. The van der Waals surface area contributed by atoms with Crippen LogP contribution >= 0.6 is 0 Å². The molecule has 0 radical (unpaired) electrons. The van der Waals surface area contributed by atoms with Gasteiger partial charge in [0.1, 0.15) is 0 Å². The number of Topliss-reactive ketones (excluding diaryl/α,β-unsaturated/α-hetero) is 1. The van der Waals surface area contributed by atoms with E-state index >= 15 is 0 Å². The molecular weight excluding hydrogens is 456 g/mol. The number of ketones is 1. The van der Waals surface area contributed by atoms with E-state index in [-0.39, 0.29) is 5.78 Å². The number of aliphatic carboxylic acids is 1. The van der Waals surface area contributed by atoms with E-state index in [0.29, 0.717) is 17.5 Å². The Morgan fingerprint density at radius 2 is 1.11 bits per heavy atom. The van der Waals surface area contributed by atoms with Crippen LogP contribution in [0.2, 0.25) is 0 Å². The number of carboxylic acids is 1. The van der Waals surface area contributed by atoms with Crippen LogP contribution in [0.15, 0.2) is 36.4 Å². The van der Waals surface area contributed by atoms with Crippen LogP contribution in [0.5, 0.6) is 0 Å². The molecule has 3 heteroatoms. The zero-order chi connectivity index (χ0) is 26.7. The Bertz CT molecular complexity index is 916. The van der Waals surface area contributed by atoms with Gasteiger partial charge in [0.15, 0.2) is 5.78 Å². The van der Waals surface area contributed by atoms with E-state index in [1.54, 1.807) is 6.92 Å². The van der Waals surface area contributed by atoms with Crippen LogP contribution < -0.4 is 0 Å². The molecule has 0 bridgehead atoms. The van der Waals surface area contributed by atoms with Crippen LogP contribution in [-0.2, 0) is 4.79 Å². The second kappa shape index (κ2) is 19.0. The van der Waals surface area contributed by atoms with Gasteiger partial charge in [-0.1, -0.05) is 159 Å². The van der Waals surface area contributed by atoms with E-state index in [1.807, 2.05) is 36.4 Å². The molecule has 2 aromatic carbocycles. The van der Waals surface area contributed by atoms with Gasteiger partial charge in [-0.15, -0.1) is 0 Å². The van der Waals surface area contributed by atoms with Crippen molar-refractivity contribution in [3.63, 3.8) is 0 Å². The summed E-state index contributed by atoms with van der Waals surface area (Å²) in [7, 11) is 0. The van der Waals surface area contributed by atoms with Crippen LogP contribution in [0.1, 0.15) is 158 Å². The largest absolute Gasteiger partial charge is 0.481 e. The Balaban J connectivity index is 1.56. The van der Waals surface area contributed by atoms with Gasteiger partial charge in [-0.25, -0.2) is 0 Å². The zero-order valence-electron chi connectivity index (χ0n) is 23.7. The Hall–Kier alpha value is -2.16. The number of carbonyl (C=O) groups excluding carboxylic acids is 1. The zero-order valence-corrected chi connectivity index (χ0v) is 23.7. The van der Waals surface area contributed by atoms with Gasteiger partial charge in [0, 0.05) is 5.56 Å². The van der Waals surface area contributed by atoms with Crippen molar-refractivity contribution in [3.8, 4) is 0 Å². The lowest BCUT2D eigenvalue weighted by atomic mass is 9.85. The second-order valence-electron chi connectivity index (χ2n) is 11.0. The number of carbonyl (C=O) groups is 2. The highest BCUT2D eigenvalue weighted by Gasteiger charge is 2.25. The van der Waals surface area contributed by atoms with Crippen molar-refractivity contribution in [2.75, 3.05) is 0 Å². The maximum absolute atomic E-state index is 12.5. The molecule has 3 nitrogen and oxygen atoms in total. The highest BCUT2D eigenvalue weighted by molar-refractivity contribution is 6.09. The molecule has 0 spiro atoms. The Morgan fingerprint density at radius 1 is 0.649 bits per heavy atom. The number of fused-ring (bicyclic) bond motifs is 1. The predicted molar refractivity (Wildman–Crippen MR) is 158 cm³/mol. The van der Waals surface area contributed by atoms with E-state index in [1.165, 1.54) is 103 Å². The Labute approximate surface area is 226 Å². The van der Waals surface area contributed by atoms with Crippen molar-refractivity contribution < 1.29 is 14.7 Å². The second-order valence-corrected chi connectivity index (χ2v) is 11.0. The maximum atomic E-state index is 12.5. The van der Waals surface area contributed by atoms with E-state index in [4.69, 9.17) is 0 Å². The molecule has 0 aliphatic carbocycles. The van der Waals surface area contributed by atoms with Crippen molar-refractivity contribution in [2.45, 2.75) is 142 Å². The molecule has 2 rings (SSSR count). The molecule has 1 atom stereocenters. The third kappa shape index (κ3) is 11.8. The summed E-state index contributed by atoms with van der Waals surface area (Å²) in [4.78, 5) is 24.6. The van der Waals surface area contributed by atoms with E-state index < -0.39 is 11.9 Å². The first-order chi connectivity index (χ1) is 18.1. The van der Waals surface area contributed by atoms with Crippen molar-refractivity contribution in [1.29, 1.82) is 0 Å². The molecule has 0 saturated carbocycles. The van der Waals surface area contributed by atoms with Gasteiger partial charge in [-0.2, -0.15) is 0 Å². The normalized spacial score (nSPS) is 12.2. The third-order valence-corrected chi connectivity index (χ3v) is 7.83. The number of benzene rings is 2. The first kappa shape index (κ1) is 31.1. The molecule has 1 N–H and O–H groups in total. The van der Waals surface area contributed by atoms with Crippen molar-refractivity contribution in [3.05, 3.63) is 47.5 Å². The molecule has 0 amide bonds. The quantitative estimate of drug-likeness (QED) is 0.127. The summed E-state index contributed by atoms with van der Waals surface area (Å²) in [5, 5.41) is 11.8. The lowest BCUT2D eigenvalue weighted by Crippen LogP contribution is -2.15. The van der Waals surface area contributed by atoms with Crippen LogP contribution in [0, 0.1) is 0 Å². The lowest BCUT2D eigenvalue weighted by molar-refractivity contribution is -0.139. The molecule has 1 unspecified atom stereocenters. The number of hydrogen-bond acceptors (Lipinski definition) is 2. The smallest absolute Gasteiger partial charge is 0.310 e. The molecule has 206 valence electrons. The average Bonchev–Trinajstić information content (AvgIpc) is 2.89.